The lowest BCUT2D eigenvalue weighted by atomic mass is 10.4. The molecule has 0 amide bonds. The summed E-state index contributed by atoms with van der Waals surface area (Å²) in [5.74, 6) is 0.636. The molecule has 0 atom stereocenters. The zero-order valence-electron chi connectivity index (χ0n) is 11.0. The van der Waals surface area contributed by atoms with Crippen molar-refractivity contribution in [2.45, 2.75) is 30.1 Å². The van der Waals surface area contributed by atoms with Crippen LogP contribution in [0.5, 0.6) is 0 Å². The first-order chi connectivity index (χ1) is 9.70. The fraction of sp³-hybridized carbons (Fsp3) is 0.417. The van der Waals surface area contributed by atoms with E-state index in [1.807, 2.05) is 6.92 Å². The van der Waals surface area contributed by atoms with Gasteiger partial charge in [0.25, 0.3) is 0 Å². The maximum Gasteiger partial charge on any atom is 0.230 e. The molecular weight excluding hydrogens is 296 g/mol. The Labute approximate surface area is 126 Å². The van der Waals surface area contributed by atoms with Crippen LogP contribution in [0.3, 0.4) is 0 Å². The molecule has 8 heteroatoms. The standard InChI is InChI=1S/C12H13ClN6S/c1-8-6-14-11(15-7-8)20-12-17-9(13)16-10(18-12)19-4-2-3-5-19/h6-7H,2-5H2,1H3. The van der Waals surface area contributed by atoms with Crippen LogP contribution in [-0.2, 0) is 0 Å². The highest BCUT2D eigenvalue weighted by Crippen LogP contribution is 2.24. The fourth-order valence-corrected chi connectivity index (χ4v) is 2.78. The van der Waals surface area contributed by atoms with E-state index in [0.717, 1.165) is 31.5 Å². The van der Waals surface area contributed by atoms with E-state index in [-0.39, 0.29) is 5.28 Å². The van der Waals surface area contributed by atoms with Crippen molar-refractivity contribution in [3.8, 4) is 0 Å². The SMILES string of the molecule is Cc1cnc(Sc2nc(Cl)nc(N3CCCC3)n2)nc1. The Morgan fingerprint density at radius 3 is 2.45 bits per heavy atom. The zero-order chi connectivity index (χ0) is 13.9. The van der Waals surface area contributed by atoms with Crippen LogP contribution in [0.2, 0.25) is 5.28 Å². The quantitative estimate of drug-likeness (QED) is 0.806. The van der Waals surface area contributed by atoms with Gasteiger partial charge in [-0.1, -0.05) is 0 Å². The van der Waals surface area contributed by atoms with Crippen LogP contribution in [0, 0.1) is 6.92 Å². The lowest BCUT2D eigenvalue weighted by Crippen LogP contribution is -2.21. The van der Waals surface area contributed by atoms with E-state index >= 15 is 0 Å². The maximum atomic E-state index is 5.98. The van der Waals surface area contributed by atoms with Crippen LogP contribution >= 0.6 is 23.4 Å². The largest absolute Gasteiger partial charge is 0.341 e. The molecule has 0 N–H and O–H groups in total. The van der Waals surface area contributed by atoms with E-state index in [1.165, 1.54) is 11.8 Å². The van der Waals surface area contributed by atoms with Crippen LogP contribution < -0.4 is 4.90 Å². The van der Waals surface area contributed by atoms with Crippen LogP contribution in [0.25, 0.3) is 0 Å². The second kappa shape index (κ2) is 5.88. The van der Waals surface area contributed by atoms with Crippen molar-refractivity contribution in [2.24, 2.45) is 0 Å². The number of hydrogen-bond donors (Lipinski definition) is 0. The smallest absolute Gasteiger partial charge is 0.230 e. The molecule has 0 spiro atoms. The third-order valence-corrected chi connectivity index (χ3v) is 3.83. The summed E-state index contributed by atoms with van der Waals surface area (Å²) in [6, 6.07) is 0. The van der Waals surface area contributed by atoms with Crippen molar-refractivity contribution in [2.75, 3.05) is 18.0 Å². The molecule has 6 nitrogen and oxygen atoms in total. The number of nitrogens with zero attached hydrogens (tertiary/aromatic N) is 6. The van der Waals surface area contributed by atoms with Crippen LogP contribution in [-0.4, -0.2) is 38.0 Å². The molecule has 0 radical (unpaired) electrons. The van der Waals surface area contributed by atoms with Gasteiger partial charge >= 0.3 is 0 Å². The van der Waals surface area contributed by atoms with Gasteiger partial charge in [0, 0.05) is 25.5 Å². The highest BCUT2D eigenvalue weighted by Gasteiger charge is 2.17. The third-order valence-electron chi connectivity index (χ3n) is 2.90. The monoisotopic (exact) mass is 308 g/mol. The molecule has 0 aromatic carbocycles. The maximum absolute atomic E-state index is 5.98. The van der Waals surface area contributed by atoms with Crippen LogP contribution in [0.15, 0.2) is 22.7 Å². The van der Waals surface area contributed by atoms with E-state index < -0.39 is 0 Å². The Morgan fingerprint density at radius 1 is 1.05 bits per heavy atom. The van der Waals surface area contributed by atoms with E-state index in [1.54, 1.807) is 12.4 Å². The number of halogens is 1. The summed E-state index contributed by atoms with van der Waals surface area (Å²) in [6.45, 7) is 3.87. The Hall–Kier alpha value is -1.47. The summed E-state index contributed by atoms with van der Waals surface area (Å²) in [5.41, 5.74) is 1.01. The average Bonchev–Trinajstić information content (AvgIpc) is 2.95. The molecule has 1 aliphatic heterocycles. The van der Waals surface area contributed by atoms with Gasteiger partial charge < -0.3 is 4.90 Å². The molecule has 0 aliphatic carbocycles. The van der Waals surface area contributed by atoms with Gasteiger partial charge in [-0.3, -0.25) is 0 Å². The Morgan fingerprint density at radius 2 is 1.75 bits per heavy atom. The summed E-state index contributed by atoms with van der Waals surface area (Å²) < 4.78 is 0. The van der Waals surface area contributed by atoms with Gasteiger partial charge in [0.2, 0.25) is 16.4 Å². The van der Waals surface area contributed by atoms with Crippen molar-refractivity contribution >= 4 is 29.3 Å². The molecule has 104 valence electrons. The first kappa shape index (κ1) is 13.5. The Balaban J connectivity index is 1.83. The topological polar surface area (TPSA) is 67.7 Å². The van der Waals surface area contributed by atoms with Gasteiger partial charge in [-0.05, 0) is 48.7 Å². The summed E-state index contributed by atoms with van der Waals surface area (Å²) in [7, 11) is 0. The van der Waals surface area contributed by atoms with Gasteiger partial charge in [0.15, 0.2) is 5.16 Å². The lowest BCUT2D eigenvalue weighted by Gasteiger charge is -2.15. The highest BCUT2D eigenvalue weighted by atomic mass is 35.5. The molecule has 20 heavy (non-hydrogen) atoms. The second-order valence-electron chi connectivity index (χ2n) is 4.53. The van der Waals surface area contributed by atoms with Crippen LogP contribution in [0.4, 0.5) is 5.95 Å². The van der Waals surface area contributed by atoms with E-state index in [9.17, 15) is 0 Å². The predicted molar refractivity (Wildman–Crippen MR) is 77.2 cm³/mol. The minimum atomic E-state index is 0.205. The number of aromatic nitrogens is 5. The van der Waals surface area contributed by atoms with Crippen molar-refractivity contribution < 1.29 is 0 Å². The number of anilines is 1. The van der Waals surface area contributed by atoms with Crippen molar-refractivity contribution in [3.05, 3.63) is 23.2 Å². The molecule has 1 saturated heterocycles. The second-order valence-corrected chi connectivity index (χ2v) is 5.80. The molecule has 2 aromatic heterocycles. The number of aryl methyl sites for hydroxylation is 1. The zero-order valence-corrected chi connectivity index (χ0v) is 12.5. The van der Waals surface area contributed by atoms with Gasteiger partial charge in [-0.2, -0.15) is 15.0 Å². The van der Waals surface area contributed by atoms with Gasteiger partial charge in [0.05, 0.1) is 0 Å². The minimum absolute atomic E-state index is 0.205. The first-order valence-electron chi connectivity index (χ1n) is 6.34. The summed E-state index contributed by atoms with van der Waals surface area (Å²) >= 11 is 7.26. The molecule has 2 aromatic rings. The molecule has 0 bridgehead atoms. The normalized spacial score (nSPS) is 14.8. The van der Waals surface area contributed by atoms with Crippen molar-refractivity contribution in [1.29, 1.82) is 0 Å². The van der Waals surface area contributed by atoms with E-state index in [4.69, 9.17) is 11.6 Å². The minimum Gasteiger partial charge on any atom is -0.341 e. The van der Waals surface area contributed by atoms with Gasteiger partial charge in [-0.15, -0.1) is 0 Å². The molecule has 1 fully saturated rings. The highest BCUT2D eigenvalue weighted by molar-refractivity contribution is 7.99. The molecule has 0 saturated carbocycles. The molecule has 1 aliphatic rings. The van der Waals surface area contributed by atoms with Crippen molar-refractivity contribution in [3.63, 3.8) is 0 Å². The summed E-state index contributed by atoms with van der Waals surface area (Å²) in [4.78, 5) is 23.3. The summed E-state index contributed by atoms with van der Waals surface area (Å²) in [6.07, 6.45) is 5.85. The molecular formula is C12H13ClN6S. The number of rotatable bonds is 3. The average molecular weight is 309 g/mol. The molecule has 3 heterocycles. The van der Waals surface area contributed by atoms with Crippen molar-refractivity contribution in [1.82, 2.24) is 24.9 Å². The van der Waals surface area contributed by atoms with E-state index in [2.05, 4.69) is 29.8 Å². The Bertz CT molecular complexity index is 599. The third kappa shape index (κ3) is 3.16. The predicted octanol–water partition coefficient (Wildman–Crippen LogP) is 2.37. The number of hydrogen-bond acceptors (Lipinski definition) is 7. The molecule has 3 rings (SSSR count). The lowest BCUT2D eigenvalue weighted by molar-refractivity contribution is 0.822. The fourth-order valence-electron chi connectivity index (χ4n) is 1.94. The van der Waals surface area contributed by atoms with Gasteiger partial charge in [-0.25, -0.2) is 9.97 Å². The van der Waals surface area contributed by atoms with Gasteiger partial charge in [0.1, 0.15) is 0 Å². The molecule has 0 unspecified atom stereocenters. The summed E-state index contributed by atoms with van der Waals surface area (Å²) in [5, 5.41) is 1.33. The van der Waals surface area contributed by atoms with E-state index in [0.29, 0.717) is 16.3 Å². The first-order valence-corrected chi connectivity index (χ1v) is 7.53. The van der Waals surface area contributed by atoms with Crippen LogP contribution in [0.1, 0.15) is 18.4 Å². The Kier molecular flexibility index (Phi) is 3.98.